The molecule has 8 heteroatoms. The van der Waals surface area contributed by atoms with Crippen LogP contribution in [0.25, 0.3) is 0 Å². The molecule has 0 atom stereocenters. The van der Waals surface area contributed by atoms with Gasteiger partial charge in [0.1, 0.15) is 11.5 Å². The van der Waals surface area contributed by atoms with E-state index in [2.05, 4.69) is 15.0 Å². The first-order chi connectivity index (χ1) is 10.9. The number of amides is 1. The van der Waals surface area contributed by atoms with E-state index in [0.717, 1.165) is 13.2 Å². The van der Waals surface area contributed by atoms with Crippen molar-refractivity contribution < 1.29 is 23.8 Å². The molecule has 0 aliphatic rings. The van der Waals surface area contributed by atoms with E-state index in [0.29, 0.717) is 5.56 Å². The van der Waals surface area contributed by atoms with Gasteiger partial charge in [0.2, 0.25) is 5.43 Å². The summed E-state index contributed by atoms with van der Waals surface area (Å²) in [5.41, 5.74) is -0.996. The molecule has 3 N–H and O–H groups in total. The first-order valence-electron chi connectivity index (χ1n) is 6.49. The number of aromatic amines is 1. The summed E-state index contributed by atoms with van der Waals surface area (Å²) in [6.45, 7) is 0.0447. The summed E-state index contributed by atoms with van der Waals surface area (Å²) in [5.74, 6) is -2.87. The first-order valence-corrected chi connectivity index (χ1v) is 6.49. The number of aromatic hydroxyl groups is 1. The molecule has 23 heavy (non-hydrogen) atoms. The number of hydrogen-bond acceptors (Lipinski definition) is 5. The molecule has 2 aromatic rings. The Balaban J connectivity index is 2.21. The van der Waals surface area contributed by atoms with Crippen LogP contribution in [0.1, 0.15) is 26.5 Å². The summed E-state index contributed by atoms with van der Waals surface area (Å²) >= 11 is 0. The van der Waals surface area contributed by atoms with Crippen LogP contribution in [0.4, 0.5) is 4.39 Å². The number of halogens is 1. The van der Waals surface area contributed by atoms with Crippen molar-refractivity contribution in [1.29, 1.82) is 0 Å². The van der Waals surface area contributed by atoms with Gasteiger partial charge < -0.3 is 20.1 Å². The van der Waals surface area contributed by atoms with Gasteiger partial charge in [-0.2, -0.15) is 0 Å². The molecule has 2 rings (SSSR count). The summed E-state index contributed by atoms with van der Waals surface area (Å²) in [6, 6.07) is 6.25. The van der Waals surface area contributed by atoms with E-state index in [9.17, 15) is 23.9 Å². The Morgan fingerprint density at radius 1 is 1.30 bits per heavy atom. The van der Waals surface area contributed by atoms with Gasteiger partial charge in [0, 0.05) is 12.6 Å². The maximum atomic E-state index is 12.8. The van der Waals surface area contributed by atoms with Gasteiger partial charge in [-0.05, 0) is 17.7 Å². The number of methoxy groups -OCH3 is 1. The zero-order valence-corrected chi connectivity index (χ0v) is 12.1. The van der Waals surface area contributed by atoms with Gasteiger partial charge in [0.05, 0.1) is 7.11 Å². The summed E-state index contributed by atoms with van der Waals surface area (Å²) in [7, 11) is 1.11. The lowest BCUT2D eigenvalue weighted by Crippen LogP contribution is -2.26. The van der Waals surface area contributed by atoms with Crippen LogP contribution in [0.2, 0.25) is 0 Å². The Kier molecular flexibility index (Phi) is 4.75. The van der Waals surface area contributed by atoms with Gasteiger partial charge in [-0.15, -0.1) is 0 Å². The molecule has 0 aliphatic heterocycles. The second-order valence-electron chi connectivity index (χ2n) is 4.57. The number of benzene rings is 1. The normalized spacial score (nSPS) is 10.2. The van der Waals surface area contributed by atoms with Crippen LogP contribution in [0.15, 0.2) is 35.1 Å². The summed E-state index contributed by atoms with van der Waals surface area (Å²) in [4.78, 5) is 37.4. The zero-order valence-electron chi connectivity index (χ0n) is 12.1. The Morgan fingerprint density at radius 3 is 2.57 bits per heavy atom. The minimum absolute atomic E-state index is 0.0447. The highest BCUT2D eigenvalue weighted by atomic mass is 19.1. The average Bonchev–Trinajstić information content (AvgIpc) is 2.55. The van der Waals surface area contributed by atoms with Crippen molar-refractivity contribution >= 4 is 11.9 Å². The van der Waals surface area contributed by atoms with Gasteiger partial charge in [-0.3, -0.25) is 9.59 Å². The number of aromatic nitrogens is 1. The van der Waals surface area contributed by atoms with Crippen molar-refractivity contribution in [1.82, 2.24) is 10.3 Å². The number of carbonyl (C=O) groups excluding carboxylic acids is 2. The fourth-order valence-corrected chi connectivity index (χ4v) is 1.81. The molecular weight excluding hydrogens is 307 g/mol. The monoisotopic (exact) mass is 320 g/mol. The first kappa shape index (κ1) is 16.2. The molecule has 0 unspecified atom stereocenters. The zero-order chi connectivity index (χ0) is 17.0. The molecule has 1 aromatic heterocycles. The lowest BCUT2D eigenvalue weighted by molar-refractivity contribution is 0.0593. The number of rotatable bonds is 4. The van der Waals surface area contributed by atoms with E-state index in [4.69, 9.17) is 0 Å². The number of nitrogens with one attached hydrogen (secondary N) is 2. The molecule has 1 aromatic carbocycles. The van der Waals surface area contributed by atoms with E-state index in [1.807, 2.05) is 0 Å². The van der Waals surface area contributed by atoms with Crippen LogP contribution in [-0.4, -0.2) is 29.1 Å². The average molecular weight is 320 g/mol. The number of ether oxygens (including phenoxy) is 1. The Hall–Kier alpha value is -3.16. The van der Waals surface area contributed by atoms with Crippen LogP contribution in [-0.2, 0) is 11.3 Å². The lowest BCUT2D eigenvalue weighted by atomic mass is 10.2. The van der Waals surface area contributed by atoms with Gasteiger partial charge in [-0.1, -0.05) is 12.1 Å². The number of hydrogen-bond donors (Lipinski definition) is 3. The van der Waals surface area contributed by atoms with Gasteiger partial charge in [0.15, 0.2) is 11.4 Å². The van der Waals surface area contributed by atoms with Crippen molar-refractivity contribution in [3.05, 3.63) is 63.3 Å². The predicted octanol–water partition coefficient (Wildman–Crippen LogP) is 0.936. The van der Waals surface area contributed by atoms with Crippen molar-refractivity contribution in [3.8, 4) is 5.75 Å². The SMILES string of the molecule is COC(=O)c1cc(=O)c(O)c(C(=O)NCc2ccc(F)cc2)[nH]1. The lowest BCUT2D eigenvalue weighted by Gasteiger charge is -2.08. The van der Waals surface area contributed by atoms with Crippen molar-refractivity contribution in [2.45, 2.75) is 6.54 Å². The predicted molar refractivity (Wildman–Crippen MR) is 77.6 cm³/mol. The highest BCUT2D eigenvalue weighted by Gasteiger charge is 2.18. The van der Waals surface area contributed by atoms with Crippen LogP contribution in [0.5, 0.6) is 5.75 Å². The van der Waals surface area contributed by atoms with Crippen LogP contribution in [0.3, 0.4) is 0 Å². The smallest absolute Gasteiger partial charge is 0.354 e. The largest absolute Gasteiger partial charge is 0.503 e. The molecule has 0 spiro atoms. The second-order valence-corrected chi connectivity index (χ2v) is 4.57. The third-order valence-corrected chi connectivity index (χ3v) is 3.00. The fraction of sp³-hybridized carbons (Fsp3) is 0.133. The molecule has 1 amide bonds. The van der Waals surface area contributed by atoms with Crippen molar-refractivity contribution in [2.75, 3.05) is 7.11 Å². The molecular formula is C15H13FN2O5. The second kappa shape index (κ2) is 6.73. The fourth-order valence-electron chi connectivity index (χ4n) is 1.81. The van der Waals surface area contributed by atoms with Gasteiger partial charge in [0.25, 0.3) is 5.91 Å². The minimum Gasteiger partial charge on any atom is -0.503 e. The van der Waals surface area contributed by atoms with E-state index < -0.39 is 34.6 Å². The molecule has 0 bridgehead atoms. The number of esters is 1. The molecule has 0 fully saturated rings. The summed E-state index contributed by atoms with van der Waals surface area (Å²) in [6.07, 6.45) is 0. The molecule has 0 saturated heterocycles. The molecule has 0 saturated carbocycles. The van der Waals surface area contributed by atoms with E-state index in [1.165, 1.54) is 24.3 Å². The number of pyridine rings is 1. The highest BCUT2D eigenvalue weighted by Crippen LogP contribution is 2.11. The quantitative estimate of drug-likeness (QED) is 0.726. The standard InChI is InChI=1S/C15H13FN2O5/c1-23-15(22)10-6-11(19)13(20)12(18-10)14(21)17-7-8-2-4-9(16)5-3-8/h2-6,20H,7H2,1H3,(H,17,21)(H,18,19). The Morgan fingerprint density at radius 2 is 1.96 bits per heavy atom. The van der Waals surface area contributed by atoms with E-state index >= 15 is 0 Å². The highest BCUT2D eigenvalue weighted by molar-refractivity contribution is 5.96. The Bertz CT molecular complexity index is 799. The summed E-state index contributed by atoms with van der Waals surface area (Å²) in [5, 5.41) is 12.1. The molecule has 7 nitrogen and oxygen atoms in total. The number of H-pyrrole nitrogens is 1. The molecule has 0 aliphatic carbocycles. The van der Waals surface area contributed by atoms with Crippen LogP contribution >= 0.6 is 0 Å². The number of carbonyl (C=O) groups is 2. The van der Waals surface area contributed by atoms with Crippen molar-refractivity contribution in [3.63, 3.8) is 0 Å². The molecule has 120 valence electrons. The molecule has 1 heterocycles. The topological polar surface area (TPSA) is 108 Å². The van der Waals surface area contributed by atoms with Gasteiger partial charge >= 0.3 is 5.97 Å². The summed E-state index contributed by atoms with van der Waals surface area (Å²) < 4.78 is 17.2. The van der Waals surface area contributed by atoms with E-state index in [-0.39, 0.29) is 12.2 Å². The van der Waals surface area contributed by atoms with Crippen LogP contribution < -0.4 is 10.7 Å². The Labute approximate surface area is 129 Å². The van der Waals surface area contributed by atoms with Gasteiger partial charge in [-0.25, -0.2) is 9.18 Å². The van der Waals surface area contributed by atoms with Crippen molar-refractivity contribution in [2.24, 2.45) is 0 Å². The molecule has 0 radical (unpaired) electrons. The third kappa shape index (κ3) is 3.73. The van der Waals surface area contributed by atoms with Crippen LogP contribution in [0, 0.1) is 5.82 Å². The maximum absolute atomic E-state index is 12.8. The minimum atomic E-state index is -0.893. The van der Waals surface area contributed by atoms with E-state index in [1.54, 1.807) is 0 Å². The maximum Gasteiger partial charge on any atom is 0.354 e. The third-order valence-electron chi connectivity index (χ3n) is 3.00.